The van der Waals surface area contributed by atoms with Crippen molar-refractivity contribution in [1.82, 2.24) is 0 Å². The van der Waals surface area contributed by atoms with Crippen molar-refractivity contribution in [2.24, 2.45) is 0 Å². The molecule has 3 aromatic carbocycles. The number of anilines is 1. The lowest BCUT2D eigenvalue weighted by Crippen LogP contribution is -2.35. The Labute approximate surface area is 255 Å². The van der Waals surface area contributed by atoms with Gasteiger partial charge in [0.05, 0.1) is 17.2 Å². The van der Waals surface area contributed by atoms with Crippen molar-refractivity contribution in [3.8, 4) is 16.9 Å². The summed E-state index contributed by atoms with van der Waals surface area (Å²) in [5.74, 6) is 0.301. The van der Waals surface area contributed by atoms with E-state index in [9.17, 15) is 21.4 Å². The van der Waals surface area contributed by atoms with Gasteiger partial charge in [0.2, 0.25) is 11.4 Å². The lowest BCUT2D eigenvalue weighted by Gasteiger charge is -2.18. The summed E-state index contributed by atoms with van der Waals surface area (Å²) in [6.07, 6.45) is 5.51. The van der Waals surface area contributed by atoms with E-state index in [1.165, 1.54) is 0 Å². The standard InChI is InChI=1S/C31H32N2O7S3/c1-2-23(21-31-33(16-8-9-18-42(34,35)36)26-12-6-7-13-29(26)41-31)20-30-32(17-19-43(37,38)39)27-22-25(14-15-28(27)40-30)24-10-4-3-5-11-24/h3-7,10-15,20-22H,2,8-9,16-19H2,1H3,(H-,34,35,36,37,38,39)/p+1. The van der Waals surface area contributed by atoms with E-state index in [4.69, 9.17) is 9.29 Å². The van der Waals surface area contributed by atoms with Crippen LogP contribution in [-0.4, -0.2) is 44.0 Å². The number of unbranched alkanes of at least 4 members (excludes halogenated alkanes) is 1. The van der Waals surface area contributed by atoms with Gasteiger partial charge in [-0.25, -0.2) is 0 Å². The van der Waals surface area contributed by atoms with Crippen LogP contribution in [0.1, 0.15) is 31.2 Å². The van der Waals surface area contributed by atoms with E-state index in [1.54, 1.807) is 16.2 Å². The number of hydrogen-bond donors (Lipinski definition) is 2. The Balaban J connectivity index is 1.50. The number of para-hydroxylation sites is 1. The maximum atomic E-state index is 11.7. The van der Waals surface area contributed by atoms with E-state index in [-0.39, 0.29) is 12.3 Å². The van der Waals surface area contributed by atoms with Gasteiger partial charge in [0, 0.05) is 31.2 Å². The smallest absolute Gasteiger partial charge is 0.266 e. The van der Waals surface area contributed by atoms with Crippen molar-refractivity contribution >= 4 is 53.6 Å². The van der Waals surface area contributed by atoms with Crippen LogP contribution in [0.25, 0.3) is 27.4 Å². The minimum Gasteiger partial charge on any atom is -0.439 e. The number of fused-ring (bicyclic) bond motifs is 2. The Bertz CT molecular complexity index is 1900. The SMILES string of the molecule is CCC(=Cc1sc2ccccc2[n+]1CCCCS(=O)(=O)O)C=C1Oc2ccc(-c3ccccc3)cc2N1CCS(=O)(=O)O. The summed E-state index contributed by atoms with van der Waals surface area (Å²) in [5.41, 5.74) is 4.63. The normalized spacial score (nSPS) is 14.8. The molecule has 0 saturated heterocycles. The topological polar surface area (TPSA) is 125 Å². The van der Waals surface area contributed by atoms with Crippen LogP contribution in [0.4, 0.5) is 5.69 Å². The van der Waals surface area contributed by atoms with Gasteiger partial charge in [-0.1, -0.05) is 66.8 Å². The first-order valence-corrected chi connectivity index (χ1v) is 17.9. The second kappa shape index (κ2) is 13.0. The molecule has 0 amide bonds. The van der Waals surface area contributed by atoms with E-state index in [0.29, 0.717) is 43.1 Å². The minimum atomic E-state index is -4.22. The summed E-state index contributed by atoms with van der Waals surface area (Å²) in [5, 5.41) is 0.966. The predicted molar refractivity (Wildman–Crippen MR) is 170 cm³/mol. The Kier molecular flexibility index (Phi) is 9.33. The molecule has 12 heteroatoms. The first kappa shape index (κ1) is 30.9. The molecule has 4 aromatic rings. The molecule has 0 bridgehead atoms. The molecule has 0 aliphatic carbocycles. The Morgan fingerprint density at radius 1 is 0.907 bits per heavy atom. The molecule has 0 fully saturated rings. The van der Waals surface area contributed by atoms with Gasteiger partial charge in [-0.05, 0) is 47.7 Å². The molecule has 43 heavy (non-hydrogen) atoms. The maximum absolute atomic E-state index is 11.7. The number of nitrogens with zero attached hydrogens (tertiary/aromatic N) is 2. The van der Waals surface area contributed by atoms with Gasteiger partial charge in [0.15, 0.2) is 12.3 Å². The molecule has 2 N–H and O–H groups in total. The van der Waals surface area contributed by atoms with Gasteiger partial charge >= 0.3 is 0 Å². The molecule has 1 aliphatic rings. The highest BCUT2D eigenvalue weighted by Crippen LogP contribution is 2.42. The lowest BCUT2D eigenvalue weighted by molar-refractivity contribution is -0.669. The fourth-order valence-electron chi connectivity index (χ4n) is 4.96. The summed E-state index contributed by atoms with van der Waals surface area (Å²) in [4.78, 5) is 1.77. The van der Waals surface area contributed by atoms with Crippen LogP contribution in [0, 0.1) is 0 Å². The average molecular weight is 642 g/mol. The third-order valence-corrected chi connectivity index (χ3v) is 9.72. The Hall–Kier alpha value is -3.55. The van der Waals surface area contributed by atoms with Crippen molar-refractivity contribution in [3.63, 3.8) is 0 Å². The van der Waals surface area contributed by atoms with Gasteiger partial charge in [0.25, 0.3) is 25.2 Å². The fraction of sp³-hybridized carbons (Fsp3) is 0.258. The molecule has 0 atom stereocenters. The van der Waals surface area contributed by atoms with Crippen molar-refractivity contribution in [2.45, 2.75) is 32.7 Å². The van der Waals surface area contributed by atoms with Crippen LogP contribution in [-0.2, 0) is 26.8 Å². The van der Waals surface area contributed by atoms with Crippen molar-refractivity contribution in [2.75, 3.05) is 23.0 Å². The Morgan fingerprint density at radius 3 is 2.35 bits per heavy atom. The molecule has 0 unspecified atom stereocenters. The Morgan fingerprint density at radius 2 is 1.63 bits per heavy atom. The van der Waals surface area contributed by atoms with Crippen molar-refractivity contribution in [1.29, 1.82) is 0 Å². The molecule has 1 aromatic heterocycles. The van der Waals surface area contributed by atoms with E-state index in [2.05, 4.69) is 10.6 Å². The zero-order chi connectivity index (χ0) is 30.6. The van der Waals surface area contributed by atoms with Gasteiger partial charge in [-0.2, -0.15) is 21.4 Å². The third-order valence-electron chi connectivity index (χ3n) is 7.11. The number of thiazole rings is 1. The summed E-state index contributed by atoms with van der Waals surface area (Å²) < 4.78 is 73.9. The molecule has 1 aliphatic heterocycles. The van der Waals surface area contributed by atoms with Gasteiger partial charge in [-0.15, -0.1) is 0 Å². The second-order valence-corrected chi connectivity index (χ2v) is 14.4. The number of ether oxygens (including phenoxy) is 1. The molecule has 0 saturated carbocycles. The van der Waals surface area contributed by atoms with E-state index in [1.807, 2.05) is 85.8 Å². The maximum Gasteiger partial charge on any atom is 0.266 e. The quantitative estimate of drug-likeness (QED) is 0.111. The molecule has 0 spiro atoms. The van der Waals surface area contributed by atoms with E-state index >= 15 is 0 Å². The monoisotopic (exact) mass is 641 g/mol. The first-order chi connectivity index (χ1) is 20.5. The lowest BCUT2D eigenvalue weighted by atomic mass is 10.0. The van der Waals surface area contributed by atoms with Gasteiger partial charge in [0.1, 0.15) is 4.70 Å². The van der Waals surface area contributed by atoms with Crippen LogP contribution in [0.15, 0.2) is 90.3 Å². The van der Waals surface area contributed by atoms with Crippen LogP contribution in [0.3, 0.4) is 0 Å². The first-order valence-electron chi connectivity index (χ1n) is 13.9. The minimum absolute atomic E-state index is 0.00353. The average Bonchev–Trinajstić information content (AvgIpc) is 3.49. The molecule has 2 heterocycles. The molecule has 9 nitrogen and oxygen atoms in total. The van der Waals surface area contributed by atoms with Gasteiger partial charge in [-0.3, -0.25) is 9.11 Å². The summed E-state index contributed by atoms with van der Waals surface area (Å²) >= 11 is 1.61. The molecular formula is C31H33N2O7S3+. The van der Waals surface area contributed by atoms with Crippen LogP contribution in [0.2, 0.25) is 0 Å². The van der Waals surface area contributed by atoms with Crippen molar-refractivity contribution < 1.29 is 35.2 Å². The van der Waals surface area contributed by atoms with Crippen LogP contribution in [0.5, 0.6) is 5.75 Å². The number of aryl methyl sites for hydroxylation is 1. The number of rotatable bonds is 12. The molecule has 5 rings (SSSR count). The third kappa shape index (κ3) is 7.89. The number of aromatic nitrogens is 1. The predicted octanol–water partition coefficient (Wildman–Crippen LogP) is 5.95. The second-order valence-electron chi connectivity index (χ2n) is 10.2. The number of allylic oxidation sites excluding steroid dienone is 2. The van der Waals surface area contributed by atoms with Gasteiger partial charge < -0.3 is 9.64 Å². The summed E-state index contributed by atoms with van der Waals surface area (Å²) in [7, 11) is -8.23. The number of benzene rings is 3. The summed E-state index contributed by atoms with van der Waals surface area (Å²) in [6, 6.07) is 23.6. The fourth-order valence-corrected chi connectivity index (χ4v) is 7.11. The molecular weight excluding hydrogens is 609 g/mol. The van der Waals surface area contributed by atoms with Crippen LogP contribution >= 0.6 is 11.3 Å². The van der Waals surface area contributed by atoms with E-state index < -0.39 is 26.0 Å². The molecule has 0 radical (unpaired) electrons. The zero-order valence-corrected chi connectivity index (χ0v) is 26.0. The highest BCUT2D eigenvalue weighted by atomic mass is 32.2. The molecule has 226 valence electrons. The highest BCUT2D eigenvalue weighted by molar-refractivity contribution is 7.86. The van der Waals surface area contributed by atoms with Crippen molar-refractivity contribution in [3.05, 3.63) is 95.3 Å². The zero-order valence-electron chi connectivity index (χ0n) is 23.6. The largest absolute Gasteiger partial charge is 0.439 e. The summed E-state index contributed by atoms with van der Waals surface area (Å²) in [6.45, 7) is 2.60. The number of hydrogen-bond acceptors (Lipinski definition) is 7. The van der Waals surface area contributed by atoms with E-state index in [0.717, 1.165) is 31.9 Å². The van der Waals surface area contributed by atoms with Crippen LogP contribution < -0.4 is 14.2 Å². The highest BCUT2D eigenvalue weighted by Gasteiger charge is 2.28.